The Bertz CT molecular complexity index is 502. The Hall–Kier alpha value is -1.81. The lowest BCUT2D eigenvalue weighted by atomic mass is 10.2. The van der Waals surface area contributed by atoms with Gasteiger partial charge in [0.05, 0.1) is 12.0 Å². The monoisotopic (exact) mass is 233 g/mol. The number of ether oxygens (including phenoxy) is 1. The normalized spacial score (nSPS) is 10.1. The highest BCUT2D eigenvalue weighted by atomic mass is 32.1. The summed E-state index contributed by atoms with van der Waals surface area (Å²) < 4.78 is 5.08. The molecule has 2 N–H and O–H groups in total. The molecule has 0 saturated heterocycles. The summed E-state index contributed by atoms with van der Waals surface area (Å²) in [6.45, 7) is 0. The summed E-state index contributed by atoms with van der Waals surface area (Å²) in [6, 6.07) is 11.3. The lowest BCUT2D eigenvalue weighted by Gasteiger charge is -2.00. The average Bonchev–Trinajstić information content (AvgIpc) is 2.78. The molecule has 82 valence electrons. The number of methoxy groups -OCH3 is 1. The fraction of sp³-hybridized carbons (Fsp3) is 0.0833. The van der Waals surface area contributed by atoms with E-state index in [0.29, 0.717) is 4.88 Å². The van der Waals surface area contributed by atoms with Crippen molar-refractivity contribution >= 4 is 17.2 Å². The summed E-state index contributed by atoms with van der Waals surface area (Å²) in [4.78, 5) is 12.6. The first-order valence-electron chi connectivity index (χ1n) is 4.75. The van der Waals surface area contributed by atoms with Crippen LogP contribution in [-0.4, -0.2) is 13.0 Å². The van der Waals surface area contributed by atoms with E-state index >= 15 is 0 Å². The van der Waals surface area contributed by atoms with Crippen LogP contribution in [-0.2, 0) is 0 Å². The molecule has 0 aliphatic carbocycles. The molecule has 16 heavy (non-hydrogen) atoms. The molecule has 0 saturated carbocycles. The Kier molecular flexibility index (Phi) is 2.92. The molecule has 0 spiro atoms. The SMILES string of the molecule is COc1ccc(-c2ccc(C(N)=O)s2)cc1. The Morgan fingerprint density at radius 3 is 2.38 bits per heavy atom. The zero-order chi connectivity index (χ0) is 11.5. The molecule has 1 amide bonds. The summed E-state index contributed by atoms with van der Waals surface area (Å²) in [7, 11) is 1.63. The highest BCUT2D eigenvalue weighted by molar-refractivity contribution is 7.17. The lowest BCUT2D eigenvalue weighted by Crippen LogP contribution is -2.07. The van der Waals surface area contributed by atoms with Gasteiger partial charge in [-0.2, -0.15) is 0 Å². The fourth-order valence-corrected chi connectivity index (χ4v) is 2.24. The first-order valence-corrected chi connectivity index (χ1v) is 5.56. The second-order valence-corrected chi connectivity index (χ2v) is 4.34. The van der Waals surface area contributed by atoms with Crippen LogP contribution in [0.5, 0.6) is 5.75 Å². The number of carbonyl (C=O) groups excluding carboxylic acids is 1. The Morgan fingerprint density at radius 1 is 1.19 bits per heavy atom. The summed E-state index contributed by atoms with van der Waals surface area (Å²) >= 11 is 1.39. The van der Waals surface area contributed by atoms with Gasteiger partial charge in [-0.15, -0.1) is 11.3 Å². The molecule has 0 fully saturated rings. The molecular weight excluding hydrogens is 222 g/mol. The van der Waals surface area contributed by atoms with Crippen molar-refractivity contribution in [1.82, 2.24) is 0 Å². The van der Waals surface area contributed by atoms with Crippen LogP contribution < -0.4 is 10.5 Å². The number of hydrogen-bond acceptors (Lipinski definition) is 3. The molecule has 0 aliphatic heterocycles. The summed E-state index contributed by atoms with van der Waals surface area (Å²) in [5, 5.41) is 0. The van der Waals surface area contributed by atoms with Crippen molar-refractivity contribution in [3.05, 3.63) is 41.3 Å². The van der Waals surface area contributed by atoms with Crippen LogP contribution in [0.25, 0.3) is 10.4 Å². The molecule has 0 unspecified atom stereocenters. The highest BCUT2D eigenvalue weighted by Crippen LogP contribution is 2.29. The third-order valence-corrected chi connectivity index (χ3v) is 3.37. The van der Waals surface area contributed by atoms with E-state index in [4.69, 9.17) is 10.5 Å². The van der Waals surface area contributed by atoms with Crippen LogP contribution in [0.15, 0.2) is 36.4 Å². The van der Waals surface area contributed by atoms with Gasteiger partial charge in [-0.05, 0) is 42.0 Å². The van der Waals surface area contributed by atoms with Crippen LogP contribution in [0.1, 0.15) is 9.67 Å². The first-order chi connectivity index (χ1) is 7.70. The van der Waals surface area contributed by atoms with E-state index in [9.17, 15) is 4.79 Å². The van der Waals surface area contributed by atoms with Gasteiger partial charge in [0.25, 0.3) is 5.91 Å². The summed E-state index contributed by atoms with van der Waals surface area (Å²) in [5.74, 6) is 0.431. The van der Waals surface area contributed by atoms with Crippen LogP contribution >= 0.6 is 11.3 Å². The third kappa shape index (κ3) is 2.06. The fourth-order valence-electron chi connectivity index (χ4n) is 1.38. The number of benzene rings is 1. The predicted octanol–water partition coefficient (Wildman–Crippen LogP) is 2.52. The maximum atomic E-state index is 11.0. The van der Waals surface area contributed by atoms with Gasteiger partial charge >= 0.3 is 0 Å². The van der Waals surface area contributed by atoms with Gasteiger partial charge in [0.15, 0.2) is 0 Å². The minimum Gasteiger partial charge on any atom is -0.497 e. The molecule has 2 aromatic rings. The second kappa shape index (κ2) is 4.37. The van der Waals surface area contributed by atoms with Gasteiger partial charge < -0.3 is 10.5 Å². The standard InChI is InChI=1S/C12H11NO2S/c1-15-9-4-2-8(3-5-9)10-6-7-11(16-10)12(13)14/h2-7H,1H3,(H2,13,14). The maximum Gasteiger partial charge on any atom is 0.258 e. The Labute approximate surface area is 97.5 Å². The van der Waals surface area contributed by atoms with Crippen LogP contribution in [0.3, 0.4) is 0 Å². The number of hydrogen-bond donors (Lipinski definition) is 1. The number of carbonyl (C=O) groups is 1. The number of nitrogens with two attached hydrogens (primary N) is 1. The van der Waals surface area contributed by atoms with Crippen molar-refractivity contribution < 1.29 is 9.53 Å². The van der Waals surface area contributed by atoms with Gasteiger partial charge in [0, 0.05) is 4.88 Å². The number of rotatable bonds is 3. The number of primary amides is 1. The molecule has 1 aromatic carbocycles. The predicted molar refractivity (Wildman–Crippen MR) is 64.8 cm³/mol. The van der Waals surface area contributed by atoms with Crippen molar-refractivity contribution in [2.24, 2.45) is 5.73 Å². The molecule has 0 bridgehead atoms. The van der Waals surface area contributed by atoms with Gasteiger partial charge in [-0.3, -0.25) is 4.79 Å². The zero-order valence-corrected chi connectivity index (χ0v) is 9.58. The van der Waals surface area contributed by atoms with Crippen molar-refractivity contribution in [3.8, 4) is 16.2 Å². The minimum absolute atomic E-state index is 0.384. The van der Waals surface area contributed by atoms with E-state index in [0.717, 1.165) is 16.2 Å². The van der Waals surface area contributed by atoms with E-state index in [1.54, 1.807) is 13.2 Å². The molecule has 1 aromatic heterocycles. The third-order valence-electron chi connectivity index (χ3n) is 2.22. The molecule has 1 heterocycles. The van der Waals surface area contributed by atoms with Crippen LogP contribution in [0.2, 0.25) is 0 Å². The summed E-state index contributed by atoms with van der Waals surface area (Å²) in [5.41, 5.74) is 6.26. The quantitative estimate of drug-likeness (QED) is 0.885. The largest absolute Gasteiger partial charge is 0.497 e. The van der Waals surface area contributed by atoms with Gasteiger partial charge in [-0.1, -0.05) is 0 Å². The molecule has 0 radical (unpaired) electrons. The van der Waals surface area contributed by atoms with Gasteiger partial charge in [0.1, 0.15) is 5.75 Å². The Morgan fingerprint density at radius 2 is 1.88 bits per heavy atom. The van der Waals surface area contributed by atoms with Crippen LogP contribution in [0, 0.1) is 0 Å². The van der Waals surface area contributed by atoms with Crippen molar-refractivity contribution in [2.45, 2.75) is 0 Å². The molecule has 2 rings (SSSR count). The van der Waals surface area contributed by atoms with E-state index in [2.05, 4.69) is 0 Å². The average molecular weight is 233 g/mol. The van der Waals surface area contributed by atoms with E-state index < -0.39 is 0 Å². The molecule has 0 aliphatic rings. The van der Waals surface area contributed by atoms with E-state index in [1.165, 1.54) is 11.3 Å². The molecular formula is C12H11NO2S. The maximum absolute atomic E-state index is 11.0. The summed E-state index contributed by atoms with van der Waals surface area (Å²) in [6.07, 6.45) is 0. The number of thiophene rings is 1. The number of amides is 1. The highest BCUT2D eigenvalue weighted by Gasteiger charge is 2.06. The molecule has 0 atom stereocenters. The van der Waals surface area contributed by atoms with Crippen LogP contribution in [0.4, 0.5) is 0 Å². The molecule has 4 heteroatoms. The first kappa shape index (κ1) is 10.7. The topological polar surface area (TPSA) is 52.3 Å². The smallest absolute Gasteiger partial charge is 0.258 e. The second-order valence-electron chi connectivity index (χ2n) is 3.26. The van der Waals surface area contributed by atoms with Gasteiger partial charge in [0.2, 0.25) is 0 Å². The van der Waals surface area contributed by atoms with Gasteiger partial charge in [-0.25, -0.2) is 0 Å². The van der Waals surface area contributed by atoms with E-state index in [1.807, 2.05) is 30.3 Å². The molecule has 3 nitrogen and oxygen atoms in total. The van der Waals surface area contributed by atoms with E-state index in [-0.39, 0.29) is 5.91 Å². The minimum atomic E-state index is -0.384. The van der Waals surface area contributed by atoms with Crippen molar-refractivity contribution in [3.63, 3.8) is 0 Å². The lowest BCUT2D eigenvalue weighted by molar-refractivity contribution is 0.100. The van der Waals surface area contributed by atoms with Crippen molar-refractivity contribution in [1.29, 1.82) is 0 Å². The van der Waals surface area contributed by atoms with Crippen molar-refractivity contribution in [2.75, 3.05) is 7.11 Å². The Balaban J connectivity index is 2.31. The zero-order valence-electron chi connectivity index (χ0n) is 8.77.